The van der Waals surface area contributed by atoms with Gasteiger partial charge in [-0.15, -0.1) is 0 Å². The molecule has 0 N–H and O–H groups in total. The SMILES string of the molecule is CC(C)=CC[Si](C(C)C)(C(C)C)C(C)C. The van der Waals surface area contributed by atoms with Gasteiger partial charge in [-0.2, -0.15) is 0 Å². The monoisotopic (exact) mass is 226 g/mol. The van der Waals surface area contributed by atoms with Crippen LogP contribution in [-0.2, 0) is 0 Å². The minimum absolute atomic E-state index is 0.882. The van der Waals surface area contributed by atoms with Crippen molar-refractivity contribution in [2.45, 2.75) is 78.1 Å². The smallest absolute Gasteiger partial charge is 0.0650 e. The molecule has 1 heteroatoms. The lowest BCUT2D eigenvalue weighted by Gasteiger charge is -2.42. The predicted molar refractivity (Wildman–Crippen MR) is 75.3 cm³/mol. The van der Waals surface area contributed by atoms with Crippen LogP contribution in [0.25, 0.3) is 0 Å². The van der Waals surface area contributed by atoms with Crippen molar-refractivity contribution in [2.75, 3.05) is 0 Å². The summed E-state index contributed by atoms with van der Waals surface area (Å²) in [6, 6.07) is 1.36. The molecule has 0 fully saturated rings. The molecule has 0 aliphatic heterocycles. The third-order valence-corrected chi connectivity index (χ3v) is 11.4. The zero-order valence-electron chi connectivity index (χ0n) is 12.0. The van der Waals surface area contributed by atoms with Crippen LogP contribution in [0.15, 0.2) is 11.6 Å². The summed E-state index contributed by atoms with van der Waals surface area (Å²) in [7, 11) is -1.17. The molecular formula is C14H30Si. The molecule has 0 aromatic rings. The van der Waals surface area contributed by atoms with Crippen LogP contribution in [0.1, 0.15) is 55.4 Å². The van der Waals surface area contributed by atoms with Gasteiger partial charge < -0.3 is 0 Å². The maximum atomic E-state index is 2.48. The van der Waals surface area contributed by atoms with Crippen LogP contribution in [0.5, 0.6) is 0 Å². The van der Waals surface area contributed by atoms with Crippen LogP contribution in [-0.4, -0.2) is 8.07 Å². The lowest BCUT2D eigenvalue weighted by atomic mass is 10.3. The Morgan fingerprint density at radius 3 is 1.40 bits per heavy atom. The quantitative estimate of drug-likeness (QED) is 0.421. The van der Waals surface area contributed by atoms with Crippen LogP contribution in [0.4, 0.5) is 0 Å². The summed E-state index contributed by atoms with van der Waals surface area (Å²) in [5.74, 6) is 0. The van der Waals surface area contributed by atoms with Crippen LogP contribution in [0.3, 0.4) is 0 Å². The Labute approximate surface area is 98.2 Å². The Morgan fingerprint density at radius 1 is 0.867 bits per heavy atom. The zero-order chi connectivity index (χ0) is 12.2. The Hall–Kier alpha value is -0.0431. The summed E-state index contributed by atoms with van der Waals surface area (Å²) in [5, 5.41) is 0. The first-order chi connectivity index (χ1) is 6.75. The fourth-order valence-electron chi connectivity index (χ4n) is 3.09. The van der Waals surface area contributed by atoms with E-state index in [2.05, 4.69) is 61.5 Å². The topological polar surface area (TPSA) is 0 Å². The summed E-state index contributed by atoms with van der Waals surface area (Å²) in [5.41, 5.74) is 4.13. The van der Waals surface area contributed by atoms with Crippen molar-refractivity contribution >= 4 is 8.07 Å². The molecule has 0 saturated heterocycles. The molecule has 90 valence electrons. The molecule has 0 aromatic heterocycles. The number of allylic oxidation sites excluding steroid dienone is 2. The molecule has 0 rings (SSSR count). The molecule has 0 amide bonds. The van der Waals surface area contributed by atoms with Gasteiger partial charge in [-0.1, -0.05) is 69.8 Å². The van der Waals surface area contributed by atoms with E-state index >= 15 is 0 Å². The van der Waals surface area contributed by atoms with Crippen molar-refractivity contribution < 1.29 is 0 Å². The van der Waals surface area contributed by atoms with Crippen molar-refractivity contribution in [1.29, 1.82) is 0 Å². The molecule has 0 nitrogen and oxygen atoms in total. The van der Waals surface area contributed by atoms with E-state index in [0.29, 0.717) is 0 Å². The number of hydrogen-bond donors (Lipinski definition) is 0. The molecule has 0 bridgehead atoms. The van der Waals surface area contributed by atoms with Crippen LogP contribution in [0, 0.1) is 0 Å². The Balaban J connectivity index is 5.06. The van der Waals surface area contributed by atoms with Gasteiger partial charge in [-0.05, 0) is 19.9 Å². The van der Waals surface area contributed by atoms with E-state index < -0.39 is 8.07 Å². The van der Waals surface area contributed by atoms with Crippen molar-refractivity contribution in [3.63, 3.8) is 0 Å². The van der Waals surface area contributed by atoms with E-state index in [-0.39, 0.29) is 0 Å². The fraction of sp³-hybridized carbons (Fsp3) is 0.857. The predicted octanol–water partition coefficient (Wildman–Crippen LogP) is 5.63. The zero-order valence-corrected chi connectivity index (χ0v) is 13.0. The maximum Gasteiger partial charge on any atom is 0.0650 e. The molecule has 0 heterocycles. The lowest BCUT2D eigenvalue weighted by molar-refractivity contribution is 0.810. The second-order valence-corrected chi connectivity index (χ2v) is 12.2. The van der Waals surface area contributed by atoms with E-state index in [9.17, 15) is 0 Å². The van der Waals surface area contributed by atoms with Gasteiger partial charge >= 0.3 is 0 Å². The number of hydrogen-bond acceptors (Lipinski definition) is 0. The van der Waals surface area contributed by atoms with Gasteiger partial charge in [0.25, 0.3) is 0 Å². The molecule has 0 spiro atoms. The Bertz CT molecular complexity index is 186. The third kappa shape index (κ3) is 3.48. The van der Waals surface area contributed by atoms with Crippen molar-refractivity contribution in [3.05, 3.63) is 11.6 Å². The summed E-state index contributed by atoms with van der Waals surface area (Å²) < 4.78 is 0. The van der Waals surface area contributed by atoms with E-state index in [1.54, 1.807) is 0 Å². The normalized spacial score (nSPS) is 12.7. The highest BCUT2D eigenvalue weighted by atomic mass is 28.3. The van der Waals surface area contributed by atoms with Crippen LogP contribution >= 0.6 is 0 Å². The summed E-state index contributed by atoms with van der Waals surface area (Å²) in [6.07, 6.45) is 2.48. The van der Waals surface area contributed by atoms with Crippen molar-refractivity contribution in [3.8, 4) is 0 Å². The summed E-state index contributed by atoms with van der Waals surface area (Å²) >= 11 is 0. The van der Waals surface area contributed by atoms with Gasteiger partial charge in [0.1, 0.15) is 0 Å². The van der Waals surface area contributed by atoms with Gasteiger partial charge in [0.05, 0.1) is 8.07 Å². The highest BCUT2D eigenvalue weighted by Crippen LogP contribution is 2.44. The molecular weight excluding hydrogens is 196 g/mol. The highest BCUT2D eigenvalue weighted by molar-refractivity contribution is 6.83. The maximum absolute atomic E-state index is 2.48. The van der Waals surface area contributed by atoms with Gasteiger partial charge in [0, 0.05) is 0 Å². The van der Waals surface area contributed by atoms with Crippen LogP contribution < -0.4 is 0 Å². The first-order valence-electron chi connectivity index (χ1n) is 6.38. The molecule has 0 aliphatic rings. The van der Waals surface area contributed by atoms with Crippen molar-refractivity contribution in [1.82, 2.24) is 0 Å². The van der Waals surface area contributed by atoms with E-state index in [0.717, 1.165) is 16.6 Å². The summed E-state index contributed by atoms with van der Waals surface area (Å²) in [4.78, 5) is 0. The average molecular weight is 226 g/mol. The molecule has 0 unspecified atom stereocenters. The van der Waals surface area contributed by atoms with Gasteiger partial charge in [0.15, 0.2) is 0 Å². The minimum Gasteiger partial charge on any atom is -0.0885 e. The third-order valence-electron chi connectivity index (χ3n) is 4.09. The second-order valence-electron chi connectivity index (χ2n) is 6.06. The van der Waals surface area contributed by atoms with Crippen LogP contribution in [0.2, 0.25) is 22.7 Å². The van der Waals surface area contributed by atoms with E-state index in [1.165, 1.54) is 11.6 Å². The molecule has 0 aromatic carbocycles. The summed E-state index contributed by atoms with van der Waals surface area (Å²) in [6.45, 7) is 19.1. The fourth-order valence-corrected chi connectivity index (χ4v) is 9.26. The van der Waals surface area contributed by atoms with Gasteiger partial charge in [-0.3, -0.25) is 0 Å². The molecule has 0 saturated carbocycles. The van der Waals surface area contributed by atoms with Gasteiger partial charge in [-0.25, -0.2) is 0 Å². The Kier molecular flexibility index (Phi) is 5.87. The first-order valence-corrected chi connectivity index (χ1v) is 8.82. The van der Waals surface area contributed by atoms with E-state index in [4.69, 9.17) is 0 Å². The highest BCUT2D eigenvalue weighted by Gasteiger charge is 2.41. The molecule has 0 radical (unpaired) electrons. The van der Waals surface area contributed by atoms with Gasteiger partial charge in [0.2, 0.25) is 0 Å². The molecule has 0 atom stereocenters. The largest absolute Gasteiger partial charge is 0.0885 e. The minimum atomic E-state index is -1.17. The Morgan fingerprint density at radius 2 is 1.20 bits per heavy atom. The number of rotatable bonds is 5. The molecule has 0 aliphatic carbocycles. The standard InChI is InChI=1S/C14H30Si/c1-11(2)9-10-15(12(3)4,13(5)6)14(7)8/h9,12-14H,10H2,1-8H3. The second kappa shape index (κ2) is 5.88. The van der Waals surface area contributed by atoms with Crippen molar-refractivity contribution in [2.24, 2.45) is 0 Å². The first kappa shape index (κ1) is 15.0. The van der Waals surface area contributed by atoms with E-state index in [1.807, 2.05) is 0 Å². The molecule has 15 heavy (non-hydrogen) atoms. The lowest BCUT2D eigenvalue weighted by Crippen LogP contribution is -2.43. The average Bonchev–Trinajstić information content (AvgIpc) is 2.02.